The number of carbonyl (C=O) groups excluding carboxylic acids is 1. The minimum atomic E-state index is -0.113. The molecule has 2 rings (SSSR count). The highest BCUT2D eigenvalue weighted by atomic mass is 31.1. The Kier molecular flexibility index (Phi) is 7.72. The van der Waals surface area contributed by atoms with Crippen LogP contribution in [0.25, 0.3) is 0 Å². The number of rotatable bonds is 9. The van der Waals surface area contributed by atoms with Crippen molar-refractivity contribution in [2.75, 3.05) is 0 Å². The smallest absolute Gasteiger partial charge is 0.193 e. The number of carbonyl (C=O) groups is 1. The zero-order valence-corrected chi connectivity index (χ0v) is 17.2. The summed E-state index contributed by atoms with van der Waals surface area (Å²) in [5.41, 5.74) is 5.42. The Balaban J connectivity index is 2.36. The van der Waals surface area contributed by atoms with Crippen LogP contribution >= 0.6 is 8.46 Å². The molecule has 0 saturated carbocycles. The molecule has 0 N–H and O–H groups in total. The van der Waals surface area contributed by atoms with Gasteiger partial charge in [0, 0.05) is 11.1 Å². The van der Waals surface area contributed by atoms with Crippen molar-refractivity contribution in [2.45, 2.75) is 65.5 Å². The Morgan fingerprint density at radius 1 is 1.00 bits per heavy atom. The van der Waals surface area contributed by atoms with Gasteiger partial charge >= 0.3 is 0 Å². The summed E-state index contributed by atoms with van der Waals surface area (Å²) in [5.74, 6) is 0.0396. The highest BCUT2D eigenvalue weighted by Gasteiger charge is 2.22. The van der Waals surface area contributed by atoms with Crippen molar-refractivity contribution in [3.05, 3.63) is 69.8 Å². The van der Waals surface area contributed by atoms with Gasteiger partial charge in [-0.05, 0) is 43.9 Å². The summed E-state index contributed by atoms with van der Waals surface area (Å²) in [6.07, 6.45) is 5.42. The summed E-state index contributed by atoms with van der Waals surface area (Å²) in [5, 5.41) is 0. The van der Waals surface area contributed by atoms with Crippen molar-refractivity contribution in [3.63, 3.8) is 0 Å². The van der Waals surface area contributed by atoms with Gasteiger partial charge in [0.15, 0.2) is 14.2 Å². The minimum Gasteiger partial charge on any atom is -0.289 e. The Bertz CT molecular complexity index is 757. The van der Waals surface area contributed by atoms with Crippen LogP contribution in [-0.4, -0.2) is 5.78 Å². The molecule has 2 nitrogen and oxygen atoms in total. The molecule has 0 fully saturated rings. The Hall–Kier alpha value is -1.79. The van der Waals surface area contributed by atoms with Gasteiger partial charge in [0.1, 0.15) is 0 Å². The van der Waals surface area contributed by atoms with Gasteiger partial charge in [0.25, 0.3) is 0 Å². The van der Waals surface area contributed by atoms with Crippen LogP contribution in [0.4, 0.5) is 0 Å². The zero-order valence-electron chi connectivity index (χ0n) is 16.3. The van der Waals surface area contributed by atoms with Gasteiger partial charge in [-0.3, -0.25) is 9.36 Å². The number of unbranched alkanes of at least 4 members (excludes halogenated alkanes) is 3. The second kappa shape index (κ2) is 9.78. The summed E-state index contributed by atoms with van der Waals surface area (Å²) in [6.45, 7) is 8.21. The van der Waals surface area contributed by atoms with Gasteiger partial charge in [-0.15, -0.1) is 0 Å². The van der Waals surface area contributed by atoms with Crippen molar-refractivity contribution in [2.24, 2.45) is 0 Å². The van der Waals surface area contributed by atoms with E-state index in [2.05, 4.69) is 19.1 Å². The molecule has 0 aliphatic heterocycles. The molecule has 0 aliphatic carbocycles. The van der Waals surface area contributed by atoms with E-state index in [9.17, 15) is 9.36 Å². The molecule has 2 aromatic carbocycles. The molecule has 0 bridgehead atoms. The minimum absolute atomic E-state index is 0.0396. The van der Waals surface area contributed by atoms with E-state index < -0.39 is 0 Å². The standard InChI is InChI=1S/C23H29O2P/c1-5-6-7-8-13-21(26-25)19-11-9-10-12-20(19)23(24)22-17(3)14-16(2)15-18(22)4/h9-12,14-15,21H,5-8,13H2,1-4H3. The molecule has 0 amide bonds. The van der Waals surface area contributed by atoms with Gasteiger partial charge in [0.05, 0.1) is 5.66 Å². The van der Waals surface area contributed by atoms with Crippen LogP contribution in [0.3, 0.4) is 0 Å². The van der Waals surface area contributed by atoms with Gasteiger partial charge in [0.2, 0.25) is 0 Å². The van der Waals surface area contributed by atoms with Crippen LogP contribution in [0.15, 0.2) is 36.4 Å². The third-order valence-corrected chi connectivity index (χ3v) is 5.72. The van der Waals surface area contributed by atoms with Gasteiger partial charge in [-0.1, -0.05) is 74.6 Å². The third-order valence-electron chi connectivity index (χ3n) is 4.93. The number of hydrogen-bond donors (Lipinski definition) is 0. The van der Waals surface area contributed by atoms with Crippen LogP contribution in [0.5, 0.6) is 0 Å². The molecular weight excluding hydrogens is 339 g/mol. The lowest BCUT2D eigenvalue weighted by Gasteiger charge is -2.16. The van der Waals surface area contributed by atoms with E-state index in [-0.39, 0.29) is 19.9 Å². The first-order chi connectivity index (χ1) is 12.5. The van der Waals surface area contributed by atoms with Crippen LogP contribution in [0.1, 0.15) is 82.9 Å². The highest BCUT2D eigenvalue weighted by Crippen LogP contribution is 2.36. The number of hydrogen-bond acceptors (Lipinski definition) is 2. The average Bonchev–Trinajstić information content (AvgIpc) is 2.61. The lowest BCUT2D eigenvalue weighted by molar-refractivity contribution is 0.103. The predicted molar refractivity (Wildman–Crippen MR) is 110 cm³/mol. The van der Waals surface area contributed by atoms with Gasteiger partial charge < -0.3 is 0 Å². The molecule has 1 unspecified atom stereocenters. The van der Waals surface area contributed by atoms with Crippen molar-refractivity contribution < 1.29 is 9.36 Å². The number of aryl methyl sites for hydroxylation is 3. The van der Waals surface area contributed by atoms with E-state index in [0.717, 1.165) is 47.1 Å². The summed E-state index contributed by atoms with van der Waals surface area (Å²) in [4.78, 5) is 13.3. The Labute approximate surface area is 159 Å². The first-order valence-corrected chi connectivity index (χ1v) is 10.4. The van der Waals surface area contributed by atoms with E-state index in [1.807, 2.05) is 45.0 Å². The SMILES string of the molecule is CCCCCCC(P=O)c1ccccc1C(=O)c1c(C)cc(C)cc1C. The molecule has 2 aromatic rings. The monoisotopic (exact) mass is 368 g/mol. The molecule has 0 aliphatic rings. The summed E-state index contributed by atoms with van der Waals surface area (Å²) >= 11 is 0. The van der Waals surface area contributed by atoms with E-state index in [0.29, 0.717) is 5.56 Å². The van der Waals surface area contributed by atoms with Gasteiger partial charge in [-0.2, -0.15) is 0 Å². The van der Waals surface area contributed by atoms with Crippen LogP contribution in [-0.2, 0) is 4.57 Å². The third kappa shape index (κ3) is 4.89. The number of ketones is 1. The molecule has 3 heteroatoms. The maximum atomic E-state index is 13.3. The normalized spacial score (nSPS) is 12.3. The largest absolute Gasteiger partial charge is 0.289 e. The molecular formula is C23H29O2P. The maximum absolute atomic E-state index is 13.3. The Morgan fingerprint density at radius 2 is 1.65 bits per heavy atom. The fourth-order valence-corrected chi connectivity index (χ4v) is 4.32. The molecule has 1 atom stereocenters. The quantitative estimate of drug-likeness (QED) is 0.268. The zero-order chi connectivity index (χ0) is 19.1. The summed E-state index contributed by atoms with van der Waals surface area (Å²) in [7, 11) is 0.0959. The lowest BCUT2D eigenvalue weighted by atomic mass is 9.89. The first kappa shape index (κ1) is 20.5. The summed E-state index contributed by atoms with van der Waals surface area (Å²) < 4.78 is 11.8. The van der Waals surface area contributed by atoms with E-state index in [1.165, 1.54) is 12.8 Å². The fourth-order valence-electron chi connectivity index (χ4n) is 3.70. The van der Waals surface area contributed by atoms with E-state index in [4.69, 9.17) is 0 Å². The highest BCUT2D eigenvalue weighted by molar-refractivity contribution is 7.24. The van der Waals surface area contributed by atoms with Crippen molar-refractivity contribution in [1.82, 2.24) is 0 Å². The molecule has 0 spiro atoms. The predicted octanol–water partition coefficient (Wildman–Crippen LogP) is 7.15. The molecule has 0 aromatic heterocycles. The first-order valence-electron chi connectivity index (χ1n) is 9.53. The Morgan fingerprint density at radius 3 is 2.27 bits per heavy atom. The topological polar surface area (TPSA) is 34.1 Å². The van der Waals surface area contributed by atoms with Gasteiger partial charge in [-0.25, -0.2) is 0 Å². The molecule has 138 valence electrons. The van der Waals surface area contributed by atoms with Crippen molar-refractivity contribution in [3.8, 4) is 0 Å². The van der Waals surface area contributed by atoms with Crippen LogP contribution < -0.4 is 0 Å². The lowest BCUT2D eigenvalue weighted by Crippen LogP contribution is -2.10. The van der Waals surface area contributed by atoms with Crippen LogP contribution in [0.2, 0.25) is 0 Å². The molecule has 0 saturated heterocycles. The molecule has 0 radical (unpaired) electrons. The second-order valence-corrected chi connectivity index (χ2v) is 7.99. The van der Waals surface area contributed by atoms with Crippen molar-refractivity contribution in [1.29, 1.82) is 0 Å². The number of benzene rings is 2. The maximum Gasteiger partial charge on any atom is 0.193 e. The molecule has 26 heavy (non-hydrogen) atoms. The molecule has 0 heterocycles. The van der Waals surface area contributed by atoms with E-state index >= 15 is 0 Å². The second-order valence-electron chi connectivity index (χ2n) is 7.16. The average molecular weight is 368 g/mol. The van der Waals surface area contributed by atoms with Crippen molar-refractivity contribution >= 4 is 14.2 Å². The fraction of sp³-hybridized carbons (Fsp3) is 0.435. The van der Waals surface area contributed by atoms with Crippen LogP contribution in [0, 0.1) is 20.8 Å². The van der Waals surface area contributed by atoms with E-state index in [1.54, 1.807) is 0 Å². The summed E-state index contributed by atoms with van der Waals surface area (Å²) in [6, 6.07) is 11.8.